The van der Waals surface area contributed by atoms with E-state index in [-0.39, 0.29) is 21.8 Å². The van der Waals surface area contributed by atoms with Gasteiger partial charge in [-0.2, -0.15) is 21.9 Å². The summed E-state index contributed by atoms with van der Waals surface area (Å²) in [7, 11) is -9.75. The van der Waals surface area contributed by atoms with E-state index < -0.39 is 46.9 Å². The van der Waals surface area contributed by atoms with Gasteiger partial charge in [-0.15, -0.1) is 5.11 Å². The number of rotatable bonds is 4. The van der Waals surface area contributed by atoms with Gasteiger partial charge in [0, 0.05) is 21.6 Å². The molecule has 182 valence electrons. The molecule has 0 aliphatic heterocycles. The Labute approximate surface area is 198 Å². The number of phenols is 1. The van der Waals surface area contributed by atoms with Crippen molar-refractivity contribution in [2.45, 2.75) is 44.4 Å². The second-order valence-corrected chi connectivity index (χ2v) is 12.2. The second kappa shape index (κ2) is 8.42. The van der Waals surface area contributed by atoms with Crippen LogP contribution >= 0.6 is 0 Å². The Morgan fingerprint density at radius 3 is 2.03 bits per heavy atom. The van der Waals surface area contributed by atoms with Crippen molar-refractivity contribution in [2.75, 3.05) is 0 Å². The zero-order valence-corrected chi connectivity index (χ0v) is 20.9. The van der Waals surface area contributed by atoms with Gasteiger partial charge in [0.1, 0.15) is 15.5 Å². The molecule has 2 aromatic rings. The summed E-state index contributed by atoms with van der Waals surface area (Å²) in [6.07, 6.45) is 9.44. The van der Waals surface area contributed by atoms with E-state index >= 15 is 0 Å². The highest BCUT2D eigenvalue weighted by Gasteiger charge is 2.27. The van der Waals surface area contributed by atoms with Crippen molar-refractivity contribution in [3.8, 4) is 5.75 Å². The molecule has 1 aliphatic carbocycles. The molecule has 1 aliphatic rings. The molecule has 0 radical (unpaired) electrons. The van der Waals surface area contributed by atoms with E-state index in [1.807, 2.05) is 45.9 Å². The third-order valence-corrected chi connectivity index (χ3v) is 7.25. The number of fused-ring (bicyclic) bond motifs is 1. The van der Waals surface area contributed by atoms with Gasteiger partial charge in [-0.3, -0.25) is 9.11 Å². The van der Waals surface area contributed by atoms with Crippen LogP contribution in [0, 0.1) is 17.8 Å². The second-order valence-electron chi connectivity index (χ2n) is 9.41. The Hall–Kier alpha value is -2.86. The SMILES string of the molecule is Cc1ccc2c(O)c(N=NC3=C/C(C)(C)/C=C\C(C)(C)/C=C\3)c(S(=O)(=O)O)cc2c1S(=O)(=O)O. The molecule has 3 rings (SSSR count). The van der Waals surface area contributed by atoms with Crippen LogP contribution < -0.4 is 0 Å². The number of hydrogen-bond donors (Lipinski definition) is 3. The molecule has 0 saturated heterocycles. The first-order chi connectivity index (χ1) is 15.4. The minimum absolute atomic E-state index is 0.0915. The van der Waals surface area contributed by atoms with Crippen LogP contribution in [-0.2, 0) is 20.2 Å². The molecule has 0 fully saturated rings. The molecule has 0 saturated carbocycles. The van der Waals surface area contributed by atoms with E-state index in [0.717, 1.165) is 6.07 Å². The number of nitrogens with zero attached hydrogens (tertiary/aromatic N) is 2. The van der Waals surface area contributed by atoms with Gasteiger partial charge < -0.3 is 5.11 Å². The monoisotopic (exact) mass is 506 g/mol. The van der Waals surface area contributed by atoms with E-state index in [1.165, 1.54) is 19.1 Å². The number of hydrogen-bond acceptors (Lipinski definition) is 7. The number of aromatic hydroxyl groups is 1. The average Bonchev–Trinajstić information content (AvgIpc) is 2.67. The third-order valence-electron chi connectivity index (χ3n) is 5.33. The summed E-state index contributed by atoms with van der Waals surface area (Å²) < 4.78 is 67.6. The quantitative estimate of drug-likeness (QED) is 0.281. The first-order valence-electron chi connectivity index (χ1n) is 10.2. The summed E-state index contributed by atoms with van der Waals surface area (Å²) in [6, 6.07) is 3.54. The van der Waals surface area contributed by atoms with Gasteiger partial charge in [-0.25, -0.2) is 0 Å². The van der Waals surface area contributed by atoms with Crippen LogP contribution in [0.4, 0.5) is 5.69 Å². The molecule has 0 bridgehead atoms. The van der Waals surface area contributed by atoms with Crippen molar-refractivity contribution in [1.82, 2.24) is 0 Å². The molecular weight excluding hydrogens is 480 g/mol. The van der Waals surface area contributed by atoms with E-state index in [1.54, 1.807) is 12.2 Å². The van der Waals surface area contributed by atoms with Crippen LogP contribution in [0.5, 0.6) is 5.75 Å². The van der Waals surface area contributed by atoms with E-state index in [4.69, 9.17) is 0 Å². The highest BCUT2D eigenvalue weighted by atomic mass is 32.2. The summed E-state index contributed by atoms with van der Waals surface area (Å²) in [5, 5.41) is 18.5. The van der Waals surface area contributed by atoms with E-state index in [2.05, 4.69) is 10.2 Å². The molecule has 0 heterocycles. The predicted molar refractivity (Wildman–Crippen MR) is 128 cm³/mol. The molecule has 0 unspecified atom stereocenters. The summed E-state index contributed by atoms with van der Waals surface area (Å²) in [4.78, 5) is -1.44. The summed E-state index contributed by atoms with van der Waals surface area (Å²) in [6.45, 7) is 9.29. The first kappa shape index (κ1) is 25.8. The topological polar surface area (TPSA) is 154 Å². The van der Waals surface area contributed by atoms with E-state index in [0.29, 0.717) is 5.70 Å². The lowest BCUT2D eigenvalue weighted by Crippen LogP contribution is -2.10. The maximum absolute atomic E-state index is 12.1. The lowest BCUT2D eigenvalue weighted by atomic mass is 9.83. The lowest BCUT2D eigenvalue weighted by Gasteiger charge is -2.22. The van der Waals surface area contributed by atoms with Crippen LogP contribution in [0.25, 0.3) is 10.8 Å². The highest BCUT2D eigenvalue weighted by Crippen LogP contribution is 2.43. The fourth-order valence-electron chi connectivity index (χ4n) is 3.57. The molecule has 11 heteroatoms. The largest absolute Gasteiger partial charge is 0.505 e. The standard InChI is InChI=1S/C23H26N2O7S2/c1-14-6-7-16-17(21(14)34(30,31)32)12-18(33(27,28)29)19(20(16)26)25-24-15-8-9-22(2,3)10-11-23(4,5)13-15/h6-13,26H,1-5H3,(H,27,28,29)(H,30,31,32)/b9-8-,11-10-,15-13+,25-24?. The fourth-order valence-corrected chi connectivity index (χ4v) is 5.14. The fraction of sp³-hybridized carbons (Fsp3) is 0.304. The molecule has 34 heavy (non-hydrogen) atoms. The van der Waals surface area contributed by atoms with Gasteiger partial charge in [0.05, 0.1) is 5.70 Å². The zero-order chi connectivity index (χ0) is 25.7. The summed E-state index contributed by atoms with van der Waals surface area (Å²) in [5.74, 6) is -0.714. The molecule has 0 amide bonds. The van der Waals surface area contributed by atoms with Crippen molar-refractivity contribution < 1.29 is 31.0 Å². The molecule has 2 aromatic carbocycles. The van der Waals surface area contributed by atoms with Gasteiger partial charge in [-0.05, 0) is 30.7 Å². The third kappa shape index (κ3) is 5.44. The van der Waals surface area contributed by atoms with Crippen molar-refractivity contribution in [3.05, 3.63) is 59.8 Å². The Morgan fingerprint density at radius 1 is 0.824 bits per heavy atom. The molecule has 0 aromatic heterocycles. The number of azo groups is 1. The highest BCUT2D eigenvalue weighted by molar-refractivity contribution is 7.86. The maximum atomic E-state index is 12.1. The Bertz CT molecular complexity index is 1510. The van der Waals surface area contributed by atoms with Crippen LogP contribution in [0.15, 0.2) is 74.3 Å². The molecular formula is C23H26N2O7S2. The van der Waals surface area contributed by atoms with Gasteiger partial charge in [0.25, 0.3) is 20.2 Å². The molecule has 0 spiro atoms. The van der Waals surface area contributed by atoms with E-state index in [9.17, 15) is 31.0 Å². The van der Waals surface area contributed by atoms with Crippen molar-refractivity contribution >= 4 is 36.7 Å². The number of aryl methyl sites for hydroxylation is 1. The summed E-state index contributed by atoms with van der Waals surface area (Å²) in [5.41, 5.74) is -0.751. The smallest absolute Gasteiger partial charge is 0.296 e. The van der Waals surface area contributed by atoms with Crippen LogP contribution in [0.1, 0.15) is 33.3 Å². The number of phenolic OH excluding ortho intramolecular Hbond substituents is 1. The maximum Gasteiger partial charge on any atom is 0.296 e. The minimum atomic E-state index is -4.97. The number of benzene rings is 2. The Kier molecular flexibility index (Phi) is 6.38. The van der Waals surface area contributed by atoms with Crippen LogP contribution in [-0.4, -0.2) is 31.0 Å². The first-order valence-corrected chi connectivity index (χ1v) is 13.1. The predicted octanol–water partition coefficient (Wildman–Crippen LogP) is 5.49. The van der Waals surface area contributed by atoms with Gasteiger partial charge >= 0.3 is 0 Å². The van der Waals surface area contributed by atoms with Gasteiger partial charge in [0.15, 0.2) is 5.75 Å². The van der Waals surface area contributed by atoms with Gasteiger partial charge in [0.2, 0.25) is 0 Å². The lowest BCUT2D eigenvalue weighted by molar-refractivity contribution is 0.471. The van der Waals surface area contributed by atoms with Crippen LogP contribution in [0.3, 0.4) is 0 Å². The molecule has 0 atom stereocenters. The average molecular weight is 507 g/mol. The van der Waals surface area contributed by atoms with Crippen molar-refractivity contribution in [3.63, 3.8) is 0 Å². The Morgan fingerprint density at radius 2 is 1.44 bits per heavy atom. The molecule has 3 N–H and O–H groups in total. The minimum Gasteiger partial charge on any atom is -0.505 e. The summed E-state index contributed by atoms with van der Waals surface area (Å²) >= 11 is 0. The molecule has 9 nitrogen and oxygen atoms in total. The van der Waals surface area contributed by atoms with Crippen molar-refractivity contribution in [1.29, 1.82) is 0 Å². The van der Waals surface area contributed by atoms with Gasteiger partial charge in [-0.1, -0.05) is 58.1 Å². The van der Waals surface area contributed by atoms with Crippen LogP contribution in [0.2, 0.25) is 0 Å². The Balaban J connectivity index is 2.32. The normalized spacial score (nSPS) is 21.6. The van der Waals surface area contributed by atoms with Crippen molar-refractivity contribution in [2.24, 2.45) is 21.1 Å². The zero-order valence-electron chi connectivity index (χ0n) is 19.3. The number of allylic oxidation sites excluding steroid dienone is 5.